The van der Waals surface area contributed by atoms with Gasteiger partial charge in [0.2, 0.25) is 12.7 Å². The van der Waals surface area contributed by atoms with Crippen LogP contribution in [0.25, 0.3) is 0 Å². The molecule has 0 spiro atoms. The Labute approximate surface area is 177 Å². The van der Waals surface area contributed by atoms with E-state index >= 15 is 0 Å². The lowest BCUT2D eigenvalue weighted by Crippen LogP contribution is -2.21. The first kappa shape index (κ1) is 18.8. The number of rotatable bonds is 4. The van der Waals surface area contributed by atoms with E-state index in [0.717, 1.165) is 16.7 Å². The van der Waals surface area contributed by atoms with Crippen LogP contribution in [0, 0.1) is 17.1 Å². The predicted octanol–water partition coefficient (Wildman–Crippen LogP) is 4.35. The SMILES string of the molecule is N#CC1=C(N)Oc2cc3c(cc2[C@@H]1c1ccc(OCc2cccc(F)c2)cc1)OCO3. The zero-order chi connectivity index (χ0) is 21.4. The molecule has 0 amide bonds. The summed E-state index contributed by atoms with van der Waals surface area (Å²) >= 11 is 0. The highest BCUT2D eigenvalue weighted by Crippen LogP contribution is 2.47. The summed E-state index contributed by atoms with van der Waals surface area (Å²) in [5.74, 6) is 1.67. The van der Waals surface area contributed by atoms with Gasteiger partial charge in [-0.1, -0.05) is 24.3 Å². The maximum Gasteiger partial charge on any atom is 0.231 e. The van der Waals surface area contributed by atoms with Crippen molar-refractivity contribution in [2.45, 2.75) is 12.5 Å². The van der Waals surface area contributed by atoms with Gasteiger partial charge >= 0.3 is 0 Å². The van der Waals surface area contributed by atoms with E-state index in [2.05, 4.69) is 6.07 Å². The van der Waals surface area contributed by atoms with Crippen LogP contribution in [0.3, 0.4) is 0 Å². The monoisotopic (exact) mass is 416 g/mol. The van der Waals surface area contributed by atoms with Gasteiger partial charge in [0.15, 0.2) is 11.5 Å². The molecule has 0 saturated heterocycles. The highest BCUT2D eigenvalue weighted by Gasteiger charge is 2.33. The van der Waals surface area contributed by atoms with Gasteiger partial charge in [0.1, 0.15) is 35.6 Å². The molecule has 6 nitrogen and oxygen atoms in total. The van der Waals surface area contributed by atoms with E-state index < -0.39 is 5.92 Å². The van der Waals surface area contributed by atoms with Crippen LogP contribution in [0.2, 0.25) is 0 Å². The Kier molecular flexibility index (Phi) is 4.60. The number of nitrogens with two attached hydrogens (primary N) is 1. The third-order valence-electron chi connectivity index (χ3n) is 5.22. The number of hydrogen-bond donors (Lipinski definition) is 1. The number of fused-ring (bicyclic) bond motifs is 2. The smallest absolute Gasteiger partial charge is 0.231 e. The topological polar surface area (TPSA) is 86.7 Å². The van der Waals surface area contributed by atoms with Crippen molar-refractivity contribution in [3.05, 3.63) is 94.6 Å². The number of ether oxygens (including phenoxy) is 4. The van der Waals surface area contributed by atoms with Crippen LogP contribution in [0.1, 0.15) is 22.6 Å². The molecule has 0 aliphatic carbocycles. The van der Waals surface area contributed by atoms with Crippen molar-refractivity contribution in [2.75, 3.05) is 6.79 Å². The normalized spacial score (nSPS) is 16.3. The number of allylic oxidation sites excluding steroid dienone is 1. The second-order valence-corrected chi connectivity index (χ2v) is 7.16. The number of nitrogens with zero attached hydrogens (tertiary/aromatic N) is 1. The van der Waals surface area contributed by atoms with Crippen molar-refractivity contribution in [3.63, 3.8) is 0 Å². The molecule has 0 saturated carbocycles. The molecule has 0 unspecified atom stereocenters. The number of halogens is 1. The summed E-state index contributed by atoms with van der Waals surface area (Å²) in [6.45, 7) is 0.380. The highest BCUT2D eigenvalue weighted by atomic mass is 19.1. The minimum absolute atomic E-state index is 0.0605. The Morgan fingerprint density at radius 2 is 1.81 bits per heavy atom. The van der Waals surface area contributed by atoms with Crippen molar-refractivity contribution in [1.29, 1.82) is 5.26 Å². The van der Waals surface area contributed by atoms with E-state index in [-0.39, 0.29) is 25.1 Å². The minimum atomic E-state index is -0.416. The molecule has 1 atom stereocenters. The summed E-state index contributed by atoms with van der Waals surface area (Å²) in [6, 6.07) is 19.3. The Balaban J connectivity index is 1.44. The fraction of sp³-hybridized carbons (Fsp3) is 0.125. The van der Waals surface area contributed by atoms with Crippen molar-refractivity contribution >= 4 is 0 Å². The lowest BCUT2D eigenvalue weighted by Gasteiger charge is -2.26. The number of nitriles is 1. The predicted molar refractivity (Wildman–Crippen MR) is 109 cm³/mol. The van der Waals surface area contributed by atoms with Crippen LogP contribution in [0.4, 0.5) is 4.39 Å². The number of hydrogen-bond acceptors (Lipinski definition) is 6. The molecule has 31 heavy (non-hydrogen) atoms. The molecule has 0 radical (unpaired) electrons. The first-order chi connectivity index (χ1) is 15.1. The molecular weight excluding hydrogens is 399 g/mol. The first-order valence-corrected chi connectivity index (χ1v) is 9.60. The molecular formula is C24H17FN2O4. The lowest BCUT2D eigenvalue weighted by molar-refractivity contribution is 0.174. The Hall–Kier alpha value is -4.18. The zero-order valence-corrected chi connectivity index (χ0v) is 16.3. The van der Waals surface area contributed by atoms with Crippen LogP contribution < -0.4 is 24.7 Å². The molecule has 2 heterocycles. The van der Waals surface area contributed by atoms with Gasteiger partial charge in [-0.25, -0.2) is 4.39 Å². The molecule has 0 aromatic heterocycles. The average Bonchev–Trinajstić information content (AvgIpc) is 3.23. The molecule has 2 aliphatic rings. The van der Waals surface area contributed by atoms with Crippen molar-refractivity contribution in [3.8, 4) is 29.1 Å². The maximum atomic E-state index is 13.3. The molecule has 3 aromatic rings. The van der Waals surface area contributed by atoms with Crippen LogP contribution in [-0.4, -0.2) is 6.79 Å². The van der Waals surface area contributed by atoms with Crippen molar-refractivity contribution in [2.24, 2.45) is 5.73 Å². The van der Waals surface area contributed by atoms with E-state index in [1.54, 1.807) is 18.2 Å². The fourth-order valence-electron chi connectivity index (χ4n) is 3.74. The van der Waals surface area contributed by atoms with E-state index in [0.29, 0.717) is 28.6 Å². The Morgan fingerprint density at radius 3 is 2.55 bits per heavy atom. The Morgan fingerprint density at radius 1 is 1.03 bits per heavy atom. The zero-order valence-electron chi connectivity index (χ0n) is 16.3. The molecule has 0 fully saturated rings. The van der Waals surface area contributed by atoms with E-state index in [4.69, 9.17) is 24.7 Å². The van der Waals surface area contributed by atoms with Crippen LogP contribution >= 0.6 is 0 Å². The van der Waals surface area contributed by atoms with Gasteiger partial charge in [0, 0.05) is 11.6 Å². The quantitative estimate of drug-likeness (QED) is 0.680. The summed E-state index contributed by atoms with van der Waals surface area (Å²) < 4.78 is 35.7. The molecule has 0 bridgehead atoms. The van der Waals surface area contributed by atoms with Gasteiger partial charge in [-0.05, 0) is 41.5 Å². The van der Waals surface area contributed by atoms with Crippen molar-refractivity contribution < 1.29 is 23.3 Å². The van der Waals surface area contributed by atoms with Crippen LogP contribution in [0.5, 0.6) is 23.0 Å². The summed E-state index contributed by atoms with van der Waals surface area (Å²) in [5.41, 5.74) is 8.71. The first-order valence-electron chi connectivity index (χ1n) is 9.60. The van der Waals surface area contributed by atoms with Gasteiger partial charge in [0.25, 0.3) is 0 Å². The molecule has 5 rings (SSSR count). The van der Waals surface area contributed by atoms with E-state index in [1.807, 2.05) is 30.3 Å². The van der Waals surface area contributed by atoms with E-state index in [9.17, 15) is 9.65 Å². The number of benzene rings is 3. The second-order valence-electron chi connectivity index (χ2n) is 7.16. The molecule has 2 aliphatic heterocycles. The van der Waals surface area contributed by atoms with Gasteiger partial charge in [-0.15, -0.1) is 0 Å². The summed E-state index contributed by atoms with van der Waals surface area (Å²) in [7, 11) is 0. The van der Waals surface area contributed by atoms with Crippen LogP contribution in [0.15, 0.2) is 72.1 Å². The largest absolute Gasteiger partial charge is 0.489 e. The van der Waals surface area contributed by atoms with E-state index in [1.165, 1.54) is 12.1 Å². The minimum Gasteiger partial charge on any atom is -0.489 e. The third kappa shape index (κ3) is 3.49. The third-order valence-corrected chi connectivity index (χ3v) is 5.22. The Bertz CT molecular complexity index is 1230. The summed E-state index contributed by atoms with van der Waals surface area (Å²) in [5, 5.41) is 9.72. The summed E-state index contributed by atoms with van der Waals surface area (Å²) in [4.78, 5) is 0. The fourth-order valence-corrected chi connectivity index (χ4v) is 3.74. The average molecular weight is 416 g/mol. The summed E-state index contributed by atoms with van der Waals surface area (Å²) in [6.07, 6.45) is 0. The van der Waals surface area contributed by atoms with Gasteiger partial charge < -0.3 is 24.7 Å². The molecule has 7 heteroatoms. The van der Waals surface area contributed by atoms with Gasteiger partial charge in [-0.3, -0.25) is 0 Å². The molecule has 3 aromatic carbocycles. The highest BCUT2D eigenvalue weighted by molar-refractivity contribution is 5.61. The van der Waals surface area contributed by atoms with Gasteiger partial charge in [-0.2, -0.15) is 5.26 Å². The molecule has 154 valence electrons. The maximum absolute atomic E-state index is 13.3. The van der Waals surface area contributed by atoms with Gasteiger partial charge in [0.05, 0.1) is 5.92 Å². The molecule has 2 N–H and O–H groups in total. The lowest BCUT2D eigenvalue weighted by atomic mass is 9.83. The van der Waals surface area contributed by atoms with Crippen molar-refractivity contribution in [1.82, 2.24) is 0 Å². The van der Waals surface area contributed by atoms with Crippen LogP contribution in [-0.2, 0) is 6.61 Å². The standard InChI is InChI=1S/C24H17FN2O4/c25-16-3-1-2-14(8-16)12-28-17-6-4-15(5-7-17)23-18-9-21-22(30-13-29-21)10-20(18)31-24(27)19(23)11-26/h1-10,23H,12-13,27H2/t23-/m0/s1. The second kappa shape index (κ2) is 7.58.